The Kier molecular flexibility index (Phi) is 4.14. The van der Waals surface area contributed by atoms with Crippen LogP contribution in [0.15, 0.2) is 45.6 Å². The predicted molar refractivity (Wildman–Crippen MR) is 84.4 cm³/mol. The number of nitrogens with zero attached hydrogens (tertiary/aromatic N) is 1. The van der Waals surface area contributed by atoms with Crippen LogP contribution in [0.1, 0.15) is 22.9 Å². The number of thiophene rings is 2. The Morgan fingerprint density at radius 3 is 2.80 bits per heavy atom. The predicted octanol–water partition coefficient (Wildman–Crippen LogP) is 4.47. The third kappa shape index (κ3) is 2.92. The monoisotopic (exact) mass is 323 g/mol. The number of aromatic nitrogens is 1. The summed E-state index contributed by atoms with van der Waals surface area (Å²) >= 11 is 3.24. The van der Waals surface area contributed by atoms with Gasteiger partial charge in [-0.2, -0.15) is 0 Å². The van der Waals surface area contributed by atoms with E-state index < -0.39 is 10.8 Å². The minimum atomic E-state index is -1.02. The molecule has 0 amide bonds. The van der Waals surface area contributed by atoms with E-state index in [-0.39, 0.29) is 5.25 Å². The van der Waals surface area contributed by atoms with Crippen LogP contribution in [0.2, 0.25) is 0 Å². The van der Waals surface area contributed by atoms with E-state index in [9.17, 15) is 4.21 Å². The van der Waals surface area contributed by atoms with Gasteiger partial charge in [-0.1, -0.05) is 12.1 Å². The molecule has 0 saturated heterocycles. The van der Waals surface area contributed by atoms with Crippen molar-refractivity contribution in [2.24, 2.45) is 0 Å². The summed E-state index contributed by atoms with van der Waals surface area (Å²) in [5, 5.41) is 4.00. The van der Waals surface area contributed by atoms with Gasteiger partial charge >= 0.3 is 0 Å². The molecule has 0 bridgehead atoms. The van der Waals surface area contributed by atoms with Gasteiger partial charge in [0.25, 0.3) is 0 Å². The Labute approximate surface area is 127 Å². The fourth-order valence-electron chi connectivity index (χ4n) is 1.81. The molecule has 0 aromatic carbocycles. The Hall–Kier alpha value is -1.24. The molecule has 104 valence electrons. The van der Waals surface area contributed by atoms with E-state index in [2.05, 4.69) is 4.98 Å². The Morgan fingerprint density at radius 2 is 2.10 bits per heavy atom. The van der Waals surface area contributed by atoms with Crippen LogP contribution in [0.5, 0.6) is 0 Å². The van der Waals surface area contributed by atoms with Gasteiger partial charge in [0.15, 0.2) is 5.76 Å². The highest BCUT2D eigenvalue weighted by Crippen LogP contribution is 2.28. The van der Waals surface area contributed by atoms with Gasteiger partial charge in [0.05, 0.1) is 16.3 Å². The maximum atomic E-state index is 12.3. The molecule has 3 heterocycles. The summed E-state index contributed by atoms with van der Waals surface area (Å²) in [4.78, 5) is 6.40. The largest absolute Gasteiger partial charge is 0.439 e. The lowest BCUT2D eigenvalue weighted by Gasteiger charge is -2.07. The van der Waals surface area contributed by atoms with Crippen LogP contribution in [0.4, 0.5) is 0 Å². The summed E-state index contributed by atoms with van der Waals surface area (Å²) in [5.74, 6) is 1.63. The van der Waals surface area contributed by atoms with Crippen molar-refractivity contribution in [2.45, 2.75) is 17.9 Å². The van der Waals surface area contributed by atoms with Crippen LogP contribution in [0.25, 0.3) is 10.6 Å². The molecular weight excluding hydrogens is 310 g/mol. The number of hydrogen-bond donors (Lipinski definition) is 0. The summed E-state index contributed by atoms with van der Waals surface area (Å²) in [6, 6.07) is 7.95. The molecule has 20 heavy (non-hydrogen) atoms. The van der Waals surface area contributed by atoms with Crippen LogP contribution >= 0.6 is 22.7 Å². The highest BCUT2D eigenvalue weighted by Gasteiger charge is 2.17. The van der Waals surface area contributed by atoms with E-state index in [0.717, 1.165) is 15.5 Å². The quantitative estimate of drug-likeness (QED) is 0.695. The smallest absolute Gasteiger partial charge is 0.207 e. The molecule has 3 rings (SSSR count). The standard InChI is InChI=1S/C14H13NO2S3/c1-10(12-4-2-6-18-12)20(16)9-14-15-8-11(17-14)13-5-3-7-19-13/h2-8,10H,9H2,1H3/t10-,20-/m1/s1. The van der Waals surface area contributed by atoms with Crippen molar-refractivity contribution in [3.63, 3.8) is 0 Å². The van der Waals surface area contributed by atoms with Gasteiger partial charge in [0, 0.05) is 15.7 Å². The van der Waals surface area contributed by atoms with Gasteiger partial charge in [-0.25, -0.2) is 4.98 Å². The topological polar surface area (TPSA) is 43.1 Å². The lowest BCUT2D eigenvalue weighted by atomic mass is 10.4. The zero-order valence-corrected chi connectivity index (χ0v) is 13.3. The van der Waals surface area contributed by atoms with Crippen LogP contribution in [-0.4, -0.2) is 9.19 Å². The Morgan fingerprint density at radius 1 is 1.30 bits per heavy atom. The average Bonchev–Trinajstić information content (AvgIpc) is 3.19. The van der Waals surface area contributed by atoms with E-state index in [4.69, 9.17) is 4.42 Å². The van der Waals surface area contributed by atoms with Crippen molar-refractivity contribution in [3.05, 3.63) is 52.0 Å². The molecule has 0 unspecified atom stereocenters. The second-order valence-corrected chi connectivity index (χ2v) is 7.96. The van der Waals surface area contributed by atoms with Crippen LogP contribution in [0.3, 0.4) is 0 Å². The number of oxazole rings is 1. The van der Waals surface area contributed by atoms with Crippen molar-refractivity contribution in [2.75, 3.05) is 0 Å². The SMILES string of the molecule is C[C@H](c1cccs1)[S@](=O)Cc1ncc(-c2cccs2)o1. The van der Waals surface area contributed by atoms with E-state index in [1.54, 1.807) is 28.9 Å². The summed E-state index contributed by atoms with van der Waals surface area (Å²) in [7, 11) is -1.02. The molecule has 0 N–H and O–H groups in total. The summed E-state index contributed by atoms with van der Waals surface area (Å²) in [6.45, 7) is 1.98. The maximum Gasteiger partial charge on any atom is 0.207 e. The molecular formula is C14H13NO2S3. The fraction of sp³-hybridized carbons (Fsp3) is 0.214. The lowest BCUT2D eigenvalue weighted by molar-refractivity contribution is 0.527. The van der Waals surface area contributed by atoms with Gasteiger partial charge in [-0.15, -0.1) is 22.7 Å². The average molecular weight is 323 g/mol. The van der Waals surface area contributed by atoms with Crippen LogP contribution in [-0.2, 0) is 16.6 Å². The van der Waals surface area contributed by atoms with Crippen molar-refractivity contribution in [1.29, 1.82) is 0 Å². The van der Waals surface area contributed by atoms with Crippen molar-refractivity contribution < 1.29 is 8.63 Å². The van der Waals surface area contributed by atoms with Crippen LogP contribution in [0, 0.1) is 0 Å². The first-order valence-electron chi connectivity index (χ1n) is 6.13. The molecule has 0 aliphatic heterocycles. The first-order valence-corrected chi connectivity index (χ1v) is 9.27. The number of hydrogen-bond acceptors (Lipinski definition) is 5. The zero-order chi connectivity index (χ0) is 13.9. The second-order valence-electron chi connectivity index (χ2n) is 4.28. The molecule has 3 nitrogen and oxygen atoms in total. The normalized spacial score (nSPS) is 14.2. The summed E-state index contributed by atoms with van der Waals surface area (Å²) in [6.07, 6.45) is 1.70. The van der Waals surface area contributed by atoms with Gasteiger partial charge in [-0.3, -0.25) is 4.21 Å². The first kappa shape index (κ1) is 13.7. The molecule has 0 radical (unpaired) electrons. The lowest BCUT2D eigenvalue weighted by Crippen LogP contribution is -2.04. The third-order valence-electron chi connectivity index (χ3n) is 2.92. The van der Waals surface area contributed by atoms with Crippen molar-refractivity contribution in [3.8, 4) is 10.6 Å². The Bertz CT molecular complexity index is 686. The van der Waals surface area contributed by atoms with E-state index >= 15 is 0 Å². The Balaban J connectivity index is 1.70. The summed E-state index contributed by atoms with van der Waals surface area (Å²) < 4.78 is 18.0. The molecule has 0 spiro atoms. The second kappa shape index (κ2) is 6.03. The molecule has 3 aromatic heterocycles. The van der Waals surface area contributed by atoms with E-state index in [0.29, 0.717) is 11.6 Å². The van der Waals surface area contributed by atoms with Crippen LogP contribution < -0.4 is 0 Å². The molecule has 0 aliphatic rings. The highest BCUT2D eigenvalue weighted by atomic mass is 32.2. The zero-order valence-electron chi connectivity index (χ0n) is 10.8. The molecule has 0 fully saturated rings. The summed E-state index contributed by atoms with van der Waals surface area (Å²) in [5.41, 5.74) is 0. The molecule has 0 saturated carbocycles. The van der Waals surface area contributed by atoms with Gasteiger partial charge in [-0.05, 0) is 29.8 Å². The molecule has 0 aliphatic carbocycles. The number of rotatable bonds is 5. The first-order chi connectivity index (χ1) is 9.74. The minimum Gasteiger partial charge on any atom is -0.439 e. The highest BCUT2D eigenvalue weighted by molar-refractivity contribution is 7.84. The van der Waals surface area contributed by atoms with Gasteiger partial charge < -0.3 is 4.42 Å². The fourth-order valence-corrected chi connectivity index (χ4v) is 4.60. The molecule has 2 atom stereocenters. The van der Waals surface area contributed by atoms with E-state index in [1.807, 2.05) is 41.9 Å². The van der Waals surface area contributed by atoms with Gasteiger partial charge in [0.1, 0.15) is 5.75 Å². The maximum absolute atomic E-state index is 12.3. The minimum absolute atomic E-state index is 0.00656. The molecule has 6 heteroatoms. The van der Waals surface area contributed by atoms with Crippen molar-refractivity contribution >= 4 is 33.5 Å². The van der Waals surface area contributed by atoms with E-state index in [1.165, 1.54) is 0 Å². The van der Waals surface area contributed by atoms with Crippen molar-refractivity contribution in [1.82, 2.24) is 4.98 Å². The third-order valence-corrected chi connectivity index (χ3v) is 6.58. The molecule has 3 aromatic rings. The van der Waals surface area contributed by atoms with Gasteiger partial charge in [0.2, 0.25) is 5.89 Å².